The van der Waals surface area contributed by atoms with E-state index in [0.717, 1.165) is 42.8 Å². The Balaban J connectivity index is 1.33. The number of fused-ring (bicyclic) bond motifs is 2. The van der Waals surface area contributed by atoms with E-state index in [4.69, 9.17) is 10.5 Å². The zero-order valence-corrected chi connectivity index (χ0v) is 15.7. The van der Waals surface area contributed by atoms with E-state index in [0.29, 0.717) is 18.4 Å². The average molecular weight is 369 g/mol. The molecule has 2 aliphatic rings. The average Bonchev–Trinajstić information content (AvgIpc) is 3.15. The van der Waals surface area contributed by atoms with Crippen LogP contribution >= 0.6 is 0 Å². The lowest BCUT2D eigenvalue weighted by atomic mass is 9.65. The monoisotopic (exact) mass is 369 g/mol. The van der Waals surface area contributed by atoms with Gasteiger partial charge in [0.2, 0.25) is 5.91 Å². The molecule has 27 heavy (non-hydrogen) atoms. The van der Waals surface area contributed by atoms with Crippen LogP contribution in [0.1, 0.15) is 37.8 Å². The summed E-state index contributed by atoms with van der Waals surface area (Å²) in [6.07, 6.45) is 7.26. The van der Waals surface area contributed by atoms with Crippen molar-refractivity contribution in [3.05, 3.63) is 36.2 Å². The van der Waals surface area contributed by atoms with E-state index in [1.165, 1.54) is 6.42 Å². The summed E-state index contributed by atoms with van der Waals surface area (Å²) in [5.41, 5.74) is 7.97. The largest absolute Gasteiger partial charge is 0.497 e. The maximum Gasteiger partial charge on any atom is 0.223 e. The number of amides is 1. The molecule has 1 heterocycles. The number of carbonyl (C=O) groups excluding carboxylic acids is 1. The normalized spacial score (nSPS) is 27.2. The van der Waals surface area contributed by atoms with E-state index in [9.17, 15) is 4.79 Å². The van der Waals surface area contributed by atoms with Crippen LogP contribution in [0.2, 0.25) is 0 Å². The third-order valence-electron chi connectivity index (χ3n) is 6.11. The zero-order chi connectivity index (χ0) is 18.8. The molecule has 7 heteroatoms. The second kappa shape index (κ2) is 7.68. The minimum absolute atomic E-state index is 0.0803. The predicted molar refractivity (Wildman–Crippen MR) is 101 cm³/mol. The molecule has 2 aromatic rings. The highest BCUT2D eigenvalue weighted by atomic mass is 16.5. The van der Waals surface area contributed by atoms with Gasteiger partial charge in [-0.1, -0.05) is 11.6 Å². The van der Waals surface area contributed by atoms with Gasteiger partial charge in [-0.2, -0.15) is 0 Å². The Bertz CT molecular complexity index is 774. The fraction of sp³-hybridized carbons (Fsp3) is 0.550. The summed E-state index contributed by atoms with van der Waals surface area (Å²) in [5, 5.41) is 11.4. The van der Waals surface area contributed by atoms with Gasteiger partial charge in [0.05, 0.1) is 25.5 Å². The van der Waals surface area contributed by atoms with Gasteiger partial charge in [0.1, 0.15) is 11.4 Å². The summed E-state index contributed by atoms with van der Waals surface area (Å²) < 4.78 is 6.87. The van der Waals surface area contributed by atoms with Gasteiger partial charge in [0, 0.05) is 12.0 Å². The maximum absolute atomic E-state index is 12.6. The lowest BCUT2D eigenvalue weighted by molar-refractivity contribution is -0.128. The minimum atomic E-state index is 0.0803. The number of aromatic nitrogens is 3. The summed E-state index contributed by atoms with van der Waals surface area (Å²) >= 11 is 0. The van der Waals surface area contributed by atoms with Crippen LogP contribution in [0.5, 0.6) is 5.75 Å². The van der Waals surface area contributed by atoms with E-state index in [1.54, 1.807) is 11.8 Å². The highest BCUT2D eigenvalue weighted by Crippen LogP contribution is 2.41. The molecular formula is C20H27N5O2. The Morgan fingerprint density at radius 1 is 1.26 bits per heavy atom. The van der Waals surface area contributed by atoms with E-state index in [2.05, 4.69) is 15.6 Å². The fourth-order valence-corrected chi connectivity index (χ4v) is 4.57. The molecule has 2 bridgehead atoms. The summed E-state index contributed by atoms with van der Waals surface area (Å²) in [7, 11) is 1.64. The third kappa shape index (κ3) is 3.83. The molecule has 2 unspecified atom stereocenters. The van der Waals surface area contributed by atoms with Crippen molar-refractivity contribution >= 4 is 5.91 Å². The van der Waals surface area contributed by atoms with Gasteiger partial charge in [0.15, 0.2) is 0 Å². The maximum atomic E-state index is 12.6. The molecule has 2 atom stereocenters. The van der Waals surface area contributed by atoms with Crippen molar-refractivity contribution < 1.29 is 9.53 Å². The molecule has 1 amide bonds. The Morgan fingerprint density at radius 3 is 2.63 bits per heavy atom. The van der Waals surface area contributed by atoms with E-state index >= 15 is 0 Å². The molecule has 3 N–H and O–H groups in total. The van der Waals surface area contributed by atoms with E-state index in [1.807, 2.05) is 30.5 Å². The van der Waals surface area contributed by atoms with Gasteiger partial charge in [-0.15, -0.1) is 5.10 Å². The molecule has 2 aliphatic carbocycles. The van der Waals surface area contributed by atoms with Gasteiger partial charge in [-0.25, -0.2) is 4.68 Å². The molecule has 7 nitrogen and oxygen atoms in total. The van der Waals surface area contributed by atoms with E-state index in [-0.39, 0.29) is 17.9 Å². The number of hydrogen-bond donors (Lipinski definition) is 2. The highest BCUT2D eigenvalue weighted by molar-refractivity contribution is 5.78. The molecular weight excluding hydrogens is 342 g/mol. The minimum Gasteiger partial charge on any atom is -0.497 e. The van der Waals surface area contributed by atoms with Crippen LogP contribution in [-0.2, 0) is 11.3 Å². The summed E-state index contributed by atoms with van der Waals surface area (Å²) in [5.74, 6) is 2.01. The van der Waals surface area contributed by atoms with E-state index < -0.39 is 0 Å². The number of carbonyl (C=O) groups is 1. The smallest absolute Gasteiger partial charge is 0.223 e. The number of rotatable bonds is 5. The van der Waals surface area contributed by atoms with Crippen molar-refractivity contribution in [2.45, 2.75) is 44.7 Å². The quantitative estimate of drug-likeness (QED) is 0.841. The van der Waals surface area contributed by atoms with Crippen molar-refractivity contribution in [1.82, 2.24) is 20.3 Å². The number of nitrogens with zero attached hydrogens (tertiary/aromatic N) is 3. The second-order valence-corrected chi connectivity index (χ2v) is 7.77. The number of methoxy groups -OCH3 is 1. The van der Waals surface area contributed by atoms with Gasteiger partial charge in [-0.3, -0.25) is 4.79 Å². The van der Waals surface area contributed by atoms with Crippen LogP contribution in [0.4, 0.5) is 0 Å². The first-order valence-electron chi connectivity index (χ1n) is 9.73. The van der Waals surface area contributed by atoms with Crippen molar-refractivity contribution in [3.63, 3.8) is 0 Å². The topological polar surface area (TPSA) is 95.1 Å². The van der Waals surface area contributed by atoms with Crippen LogP contribution < -0.4 is 15.8 Å². The standard InChI is InChI=1S/C20H27N5O2/c1-27-18-7-5-17(6-8-18)25-12-16(23-24-25)11-22-20(26)15-9-13-3-2-4-14(10-15)19(13)21/h5-8,12-15,19H,2-4,9-11,21H2,1H3,(H,22,26). The Labute approximate surface area is 159 Å². The predicted octanol–water partition coefficient (Wildman–Crippen LogP) is 2.05. The van der Waals surface area contributed by atoms with Gasteiger partial charge < -0.3 is 15.8 Å². The first kappa shape index (κ1) is 18.0. The van der Waals surface area contributed by atoms with Crippen LogP contribution in [0.15, 0.2) is 30.5 Å². The first-order chi connectivity index (χ1) is 13.1. The lowest BCUT2D eigenvalue weighted by Crippen LogP contribution is -2.49. The van der Waals surface area contributed by atoms with Crippen LogP contribution in [-0.4, -0.2) is 34.1 Å². The molecule has 144 valence electrons. The van der Waals surface area contributed by atoms with Crippen LogP contribution in [0.3, 0.4) is 0 Å². The second-order valence-electron chi connectivity index (χ2n) is 7.77. The number of hydrogen-bond acceptors (Lipinski definition) is 5. The molecule has 1 aromatic carbocycles. The molecule has 1 aromatic heterocycles. The summed E-state index contributed by atoms with van der Waals surface area (Å²) in [6.45, 7) is 0.396. The SMILES string of the molecule is COc1ccc(-n2cc(CNC(=O)C3CC4CCCC(C3)C4N)nn2)cc1. The number of ether oxygens (including phenoxy) is 1. The van der Waals surface area contributed by atoms with Gasteiger partial charge >= 0.3 is 0 Å². The van der Waals surface area contributed by atoms with Crippen LogP contribution in [0, 0.1) is 17.8 Å². The van der Waals surface area contributed by atoms with Crippen molar-refractivity contribution in [3.8, 4) is 11.4 Å². The Morgan fingerprint density at radius 2 is 1.96 bits per heavy atom. The first-order valence-corrected chi connectivity index (χ1v) is 9.73. The molecule has 4 rings (SSSR count). The molecule has 2 saturated carbocycles. The molecule has 0 saturated heterocycles. The summed E-state index contributed by atoms with van der Waals surface area (Å²) in [6, 6.07) is 7.87. The third-order valence-corrected chi connectivity index (χ3v) is 6.11. The Hall–Kier alpha value is -2.41. The highest BCUT2D eigenvalue weighted by Gasteiger charge is 2.40. The molecule has 0 radical (unpaired) electrons. The van der Waals surface area contributed by atoms with Crippen molar-refractivity contribution in [1.29, 1.82) is 0 Å². The zero-order valence-electron chi connectivity index (χ0n) is 15.7. The molecule has 0 aliphatic heterocycles. The number of benzene rings is 1. The van der Waals surface area contributed by atoms with Crippen LogP contribution in [0.25, 0.3) is 5.69 Å². The number of nitrogens with one attached hydrogen (secondary N) is 1. The van der Waals surface area contributed by atoms with Crippen molar-refractivity contribution in [2.24, 2.45) is 23.5 Å². The Kier molecular flexibility index (Phi) is 5.11. The van der Waals surface area contributed by atoms with Crippen molar-refractivity contribution in [2.75, 3.05) is 7.11 Å². The molecule has 2 fully saturated rings. The number of nitrogens with two attached hydrogens (primary N) is 1. The molecule has 0 spiro atoms. The summed E-state index contributed by atoms with van der Waals surface area (Å²) in [4.78, 5) is 12.6. The fourth-order valence-electron chi connectivity index (χ4n) is 4.57. The lowest BCUT2D eigenvalue weighted by Gasteiger charge is -2.43. The van der Waals surface area contributed by atoms with Gasteiger partial charge in [0.25, 0.3) is 0 Å². The van der Waals surface area contributed by atoms with Gasteiger partial charge in [-0.05, 0) is 61.8 Å².